The number of hydrogen-bond acceptors (Lipinski definition) is 3. The van der Waals surface area contributed by atoms with Crippen LogP contribution in [0.4, 0.5) is 0 Å². The van der Waals surface area contributed by atoms with Crippen LogP contribution >= 0.6 is 24.0 Å². The molecular weight excluding hydrogens is 381 g/mol. The number of guanidine groups is 1. The van der Waals surface area contributed by atoms with Gasteiger partial charge in [0, 0.05) is 26.7 Å². The summed E-state index contributed by atoms with van der Waals surface area (Å²) in [6, 6.07) is 0. The van der Waals surface area contributed by atoms with E-state index >= 15 is 0 Å². The maximum Gasteiger partial charge on any atom is 0.191 e. The molecule has 0 unspecified atom stereocenters. The first-order valence-corrected chi connectivity index (χ1v) is 8.00. The third-order valence-electron chi connectivity index (χ3n) is 3.52. The van der Waals surface area contributed by atoms with Crippen LogP contribution in [0.5, 0.6) is 0 Å². The quantitative estimate of drug-likeness (QED) is 0.211. The summed E-state index contributed by atoms with van der Waals surface area (Å²) in [7, 11) is 1.78. The fourth-order valence-electron chi connectivity index (χ4n) is 2.41. The second-order valence-corrected chi connectivity index (χ2v) is 5.11. The second kappa shape index (κ2) is 14.8. The second-order valence-electron chi connectivity index (χ2n) is 5.11. The van der Waals surface area contributed by atoms with Crippen molar-refractivity contribution in [3.8, 4) is 0 Å². The average Bonchev–Trinajstić information content (AvgIpc) is 2.74. The standard InChI is InChI=1S/C15H31N3O2.HI/c1-3-19-12-10-17-15(16-2)18-11-13-20-14-8-6-4-5-7-9-14;/h14H,3-13H2,1-2H3,(H2,16,17,18);1H. The molecule has 1 aliphatic carbocycles. The van der Waals surface area contributed by atoms with Gasteiger partial charge in [-0.3, -0.25) is 4.99 Å². The molecule has 0 bridgehead atoms. The van der Waals surface area contributed by atoms with Crippen molar-refractivity contribution in [2.45, 2.75) is 51.6 Å². The third kappa shape index (κ3) is 11.2. The van der Waals surface area contributed by atoms with Gasteiger partial charge in [0.25, 0.3) is 0 Å². The monoisotopic (exact) mass is 413 g/mol. The molecule has 1 fully saturated rings. The number of nitrogens with zero attached hydrogens (tertiary/aromatic N) is 1. The molecule has 1 saturated carbocycles. The fourth-order valence-corrected chi connectivity index (χ4v) is 2.41. The minimum absolute atomic E-state index is 0. The summed E-state index contributed by atoms with van der Waals surface area (Å²) in [6.45, 7) is 5.77. The Morgan fingerprint density at radius 3 is 2.24 bits per heavy atom. The lowest BCUT2D eigenvalue weighted by Gasteiger charge is -2.16. The molecule has 0 atom stereocenters. The summed E-state index contributed by atoms with van der Waals surface area (Å²) < 4.78 is 11.2. The van der Waals surface area contributed by atoms with Gasteiger partial charge >= 0.3 is 0 Å². The number of rotatable bonds is 8. The number of aliphatic imine (C=N–C) groups is 1. The van der Waals surface area contributed by atoms with Gasteiger partial charge in [0.2, 0.25) is 0 Å². The lowest BCUT2D eigenvalue weighted by molar-refractivity contribution is 0.0468. The van der Waals surface area contributed by atoms with Gasteiger partial charge in [0.15, 0.2) is 5.96 Å². The van der Waals surface area contributed by atoms with Gasteiger partial charge in [-0.05, 0) is 19.8 Å². The van der Waals surface area contributed by atoms with Crippen molar-refractivity contribution in [1.29, 1.82) is 0 Å². The van der Waals surface area contributed by atoms with Gasteiger partial charge in [-0.25, -0.2) is 0 Å². The van der Waals surface area contributed by atoms with Gasteiger partial charge in [-0.1, -0.05) is 25.7 Å². The number of ether oxygens (including phenoxy) is 2. The highest BCUT2D eigenvalue weighted by molar-refractivity contribution is 14.0. The van der Waals surface area contributed by atoms with Gasteiger partial charge in [0.1, 0.15) is 0 Å². The summed E-state index contributed by atoms with van der Waals surface area (Å²) in [5.41, 5.74) is 0. The van der Waals surface area contributed by atoms with Crippen LogP contribution in [0, 0.1) is 0 Å². The SMILES string of the molecule is CCOCCNC(=NC)NCCOC1CCCCCC1.I. The topological polar surface area (TPSA) is 54.9 Å². The van der Waals surface area contributed by atoms with Crippen LogP contribution in [0.2, 0.25) is 0 Å². The molecule has 0 aliphatic heterocycles. The molecule has 0 spiro atoms. The lowest BCUT2D eigenvalue weighted by Crippen LogP contribution is -2.40. The first-order valence-electron chi connectivity index (χ1n) is 8.00. The summed E-state index contributed by atoms with van der Waals surface area (Å²) in [5, 5.41) is 6.47. The predicted octanol–water partition coefficient (Wildman–Crippen LogP) is 2.55. The summed E-state index contributed by atoms with van der Waals surface area (Å²) in [6.07, 6.45) is 8.29. The van der Waals surface area contributed by atoms with Crippen LogP contribution in [0.1, 0.15) is 45.4 Å². The summed E-state index contributed by atoms with van der Waals surface area (Å²) in [5.74, 6) is 0.814. The van der Waals surface area contributed by atoms with Gasteiger partial charge in [-0.15, -0.1) is 24.0 Å². The first kappa shape index (κ1) is 20.9. The highest BCUT2D eigenvalue weighted by atomic mass is 127. The van der Waals surface area contributed by atoms with E-state index < -0.39 is 0 Å². The molecule has 0 aromatic carbocycles. The van der Waals surface area contributed by atoms with Crippen molar-refractivity contribution < 1.29 is 9.47 Å². The Bertz CT molecular complexity index is 257. The molecule has 0 aromatic rings. The van der Waals surface area contributed by atoms with Crippen LogP contribution in [0.3, 0.4) is 0 Å². The van der Waals surface area contributed by atoms with Crippen LogP contribution in [0.25, 0.3) is 0 Å². The zero-order chi connectivity index (χ0) is 14.5. The minimum Gasteiger partial charge on any atom is -0.380 e. The van der Waals surface area contributed by atoms with E-state index in [4.69, 9.17) is 9.47 Å². The van der Waals surface area contributed by atoms with Gasteiger partial charge < -0.3 is 20.1 Å². The Balaban J connectivity index is 0.00000400. The van der Waals surface area contributed by atoms with Gasteiger partial charge in [0.05, 0.1) is 19.3 Å². The van der Waals surface area contributed by atoms with Crippen molar-refractivity contribution in [2.75, 3.05) is 40.0 Å². The Kier molecular flexibility index (Phi) is 14.8. The third-order valence-corrected chi connectivity index (χ3v) is 3.52. The number of hydrogen-bond donors (Lipinski definition) is 2. The maximum atomic E-state index is 5.93. The van der Waals surface area contributed by atoms with Crippen molar-refractivity contribution >= 4 is 29.9 Å². The highest BCUT2D eigenvalue weighted by Crippen LogP contribution is 2.19. The van der Waals surface area contributed by atoms with Crippen LogP contribution < -0.4 is 10.6 Å². The zero-order valence-corrected chi connectivity index (χ0v) is 15.9. The summed E-state index contributed by atoms with van der Waals surface area (Å²) in [4.78, 5) is 4.17. The first-order chi connectivity index (χ1) is 9.86. The largest absolute Gasteiger partial charge is 0.380 e. The molecule has 0 radical (unpaired) electrons. The predicted molar refractivity (Wildman–Crippen MR) is 98.7 cm³/mol. The zero-order valence-electron chi connectivity index (χ0n) is 13.5. The van der Waals surface area contributed by atoms with Crippen LogP contribution in [-0.2, 0) is 9.47 Å². The molecular formula is C15H32IN3O2. The normalized spacial score (nSPS) is 17.0. The number of nitrogens with one attached hydrogen (secondary N) is 2. The van der Waals surface area contributed by atoms with Crippen LogP contribution in [0.15, 0.2) is 4.99 Å². The Morgan fingerprint density at radius 2 is 1.67 bits per heavy atom. The van der Waals surface area contributed by atoms with Crippen LogP contribution in [-0.4, -0.2) is 52.0 Å². The van der Waals surface area contributed by atoms with Crippen molar-refractivity contribution in [2.24, 2.45) is 4.99 Å². The molecule has 21 heavy (non-hydrogen) atoms. The fraction of sp³-hybridized carbons (Fsp3) is 0.933. The highest BCUT2D eigenvalue weighted by Gasteiger charge is 2.11. The van der Waals surface area contributed by atoms with E-state index in [1.165, 1.54) is 38.5 Å². The van der Waals surface area contributed by atoms with E-state index in [0.717, 1.165) is 32.3 Å². The Labute approximate surface area is 146 Å². The minimum atomic E-state index is 0. The molecule has 126 valence electrons. The average molecular weight is 413 g/mol. The van der Waals surface area contributed by atoms with Crippen molar-refractivity contribution in [3.05, 3.63) is 0 Å². The van der Waals surface area contributed by atoms with E-state index in [2.05, 4.69) is 15.6 Å². The maximum absolute atomic E-state index is 5.93. The van der Waals surface area contributed by atoms with E-state index in [0.29, 0.717) is 12.7 Å². The smallest absolute Gasteiger partial charge is 0.191 e. The van der Waals surface area contributed by atoms with Gasteiger partial charge in [-0.2, -0.15) is 0 Å². The van der Waals surface area contributed by atoms with E-state index in [-0.39, 0.29) is 24.0 Å². The van der Waals surface area contributed by atoms with Crippen molar-refractivity contribution in [1.82, 2.24) is 10.6 Å². The molecule has 0 saturated heterocycles. The molecule has 1 rings (SSSR count). The molecule has 0 heterocycles. The molecule has 2 N–H and O–H groups in total. The molecule has 1 aliphatic rings. The Morgan fingerprint density at radius 1 is 1.05 bits per heavy atom. The number of halogens is 1. The van der Waals surface area contributed by atoms with E-state index in [1.807, 2.05) is 6.92 Å². The lowest BCUT2D eigenvalue weighted by atomic mass is 10.1. The Hall–Kier alpha value is -0.0800. The van der Waals surface area contributed by atoms with E-state index in [9.17, 15) is 0 Å². The molecule has 0 aromatic heterocycles. The molecule has 6 heteroatoms. The van der Waals surface area contributed by atoms with Crippen molar-refractivity contribution in [3.63, 3.8) is 0 Å². The molecule has 5 nitrogen and oxygen atoms in total. The summed E-state index contributed by atoms with van der Waals surface area (Å²) >= 11 is 0. The van der Waals surface area contributed by atoms with E-state index in [1.54, 1.807) is 7.05 Å². The molecule has 0 amide bonds.